The Morgan fingerprint density at radius 3 is 2.64 bits per heavy atom. The number of anilines is 2. The van der Waals surface area contributed by atoms with Crippen LogP contribution in [-0.2, 0) is 4.74 Å². The molecule has 0 aromatic carbocycles. The molecule has 3 heterocycles. The SMILES string of the molecule is N#CCCNC1CCC(Nc2cc(-c3cccc(NCC4CCOCC4)n3)c(Cl)cn2)CC1. The lowest BCUT2D eigenvalue weighted by atomic mass is 9.91. The highest BCUT2D eigenvalue weighted by Crippen LogP contribution is 2.30. The van der Waals surface area contributed by atoms with Gasteiger partial charge < -0.3 is 20.7 Å². The summed E-state index contributed by atoms with van der Waals surface area (Å²) in [7, 11) is 0. The van der Waals surface area contributed by atoms with Gasteiger partial charge in [-0.1, -0.05) is 17.7 Å². The number of halogens is 1. The molecule has 8 heteroatoms. The molecular weight excluding hydrogens is 436 g/mol. The quantitative estimate of drug-likeness (QED) is 0.452. The molecule has 0 atom stereocenters. The van der Waals surface area contributed by atoms with E-state index in [-0.39, 0.29) is 0 Å². The summed E-state index contributed by atoms with van der Waals surface area (Å²) in [6.07, 6.45) is 8.82. The van der Waals surface area contributed by atoms with Crippen LogP contribution in [0.1, 0.15) is 44.9 Å². The van der Waals surface area contributed by atoms with Crippen molar-refractivity contribution in [1.82, 2.24) is 15.3 Å². The molecule has 2 aromatic heterocycles. The number of hydrogen-bond donors (Lipinski definition) is 3. The van der Waals surface area contributed by atoms with Gasteiger partial charge in [0.05, 0.1) is 16.8 Å². The Kier molecular flexibility index (Phi) is 8.76. The Morgan fingerprint density at radius 2 is 1.85 bits per heavy atom. The molecule has 0 radical (unpaired) electrons. The van der Waals surface area contributed by atoms with Crippen LogP contribution in [0, 0.1) is 17.2 Å². The van der Waals surface area contributed by atoms with E-state index < -0.39 is 0 Å². The van der Waals surface area contributed by atoms with Crippen molar-refractivity contribution in [3.05, 3.63) is 35.5 Å². The molecule has 1 aliphatic heterocycles. The number of pyridine rings is 2. The normalized spacial score (nSPS) is 21.3. The van der Waals surface area contributed by atoms with Gasteiger partial charge in [-0.2, -0.15) is 5.26 Å². The van der Waals surface area contributed by atoms with Gasteiger partial charge >= 0.3 is 0 Å². The van der Waals surface area contributed by atoms with Crippen molar-refractivity contribution >= 4 is 23.2 Å². The zero-order valence-corrected chi connectivity index (χ0v) is 19.8. The molecule has 7 nitrogen and oxygen atoms in total. The molecule has 0 amide bonds. The molecule has 2 aliphatic rings. The van der Waals surface area contributed by atoms with E-state index in [1.807, 2.05) is 24.3 Å². The van der Waals surface area contributed by atoms with E-state index in [4.69, 9.17) is 26.6 Å². The van der Waals surface area contributed by atoms with Gasteiger partial charge in [0.2, 0.25) is 0 Å². The maximum Gasteiger partial charge on any atom is 0.126 e. The van der Waals surface area contributed by atoms with Crippen LogP contribution >= 0.6 is 11.6 Å². The van der Waals surface area contributed by atoms with E-state index in [9.17, 15) is 0 Å². The number of nitrogens with one attached hydrogen (secondary N) is 3. The molecule has 1 saturated heterocycles. The molecule has 1 saturated carbocycles. The number of ether oxygens (including phenoxy) is 1. The third kappa shape index (κ3) is 7.04. The lowest BCUT2D eigenvalue weighted by molar-refractivity contribution is 0.0699. The third-order valence-corrected chi connectivity index (χ3v) is 6.84. The predicted molar refractivity (Wildman–Crippen MR) is 132 cm³/mol. The van der Waals surface area contributed by atoms with E-state index in [0.717, 1.165) is 87.7 Å². The number of aromatic nitrogens is 2. The van der Waals surface area contributed by atoms with Crippen LogP contribution in [-0.4, -0.2) is 48.4 Å². The largest absolute Gasteiger partial charge is 0.381 e. The second-order valence-electron chi connectivity index (χ2n) is 8.95. The smallest absolute Gasteiger partial charge is 0.126 e. The molecule has 2 aromatic rings. The lowest BCUT2D eigenvalue weighted by Gasteiger charge is -2.30. The van der Waals surface area contributed by atoms with Crippen LogP contribution in [0.2, 0.25) is 5.02 Å². The van der Waals surface area contributed by atoms with Gasteiger partial charge in [0, 0.05) is 56.6 Å². The summed E-state index contributed by atoms with van der Waals surface area (Å²) >= 11 is 6.51. The second-order valence-corrected chi connectivity index (χ2v) is 9.36. The van der Waals surface area contributed by atoms with Crippen LogP contribution in [0.25, 0.3) is 11.3 Å². The van der Waals surface area contributed by atoms with E-state index >= 15 is 0 Å². The number of nitrogens with zero attached hydrogens (tertiary/aromatic N) is 3. The molecule has 0 spiro atoms. The fourth-order valence-electron chi connectivity index (χ4n) is 4.58. The highest BCUT2D eigenvalue weighted by atomic mass is 35.5. The molecule has 0 bridgehead atoms. The van der Waals surface area contributed by atoms with Crippen LogP contribution in [0.4, 0.5) is 11.6 Å². The average Bonchev–Trinajstić information content (AvgIpc) is 2.86. The van der Waals surface area contributed by atoms with Gasteiger partial charge in [-0.15, -0.1) is 0 Å². The van der Waals surface area contributed by atoms with Crippen molar-refractivity contribution in [3.8, 4) is 17.3 Å². The monoisotopic (exact) mass is 468 g/mol. The first-order chi connectivity index (χ1) is 16.2. The van der Waals surface area contributed by atoms with Gasteiger partial charge in [-0.05, 0) is 62.6 Å². The highest BCUT2D eigenvalue weighted by molar-refractivity contribution is 6.33. The van der Waals surface area contributed by atoms with Gasteiger partial charge in [-0.3, -0.25) is 0 Å². The van der Waals surface area contributed by atoms with Crippen molar-refractivity contribution in [2.45, 2.75) is 57.0 Å². The summed E-state index contributed by atoms with van der Waals surface area (Å²) in [6, 6.07) is 11.1. The van der Waals surface area contributed by atoms with Crippen molar-refractivity contribution in [3.63, 3.8) is 0 Å². The molecular formula is C25H33ClN6O. The topological polar surface area (TPSA) is 94.9 Å². The third-order valence-electron chi connectivity index (χ3n) is 6.54. The Balaban J connectivity index is 1.35. The standard InChI is InChI=1S/C25H33ClN6O/c26-22-17-30-25(31-20-7-5-19(6-8-20)28-12-2-11-27)15-21(22)23-3-1-4-24(32-23)29-16-18-9-13-33-14-10-18/h1,3-4,15,17-20,28H,2,5-10,12-14,16H2,(H,29,32)(H,30,31). The van der Waals surface area contributed by atoms with E-state index in [2.05, 4.69) is 27.0 Å². The average molecular weight is 469 g/mol. The van der Waals surface area contributed by atoms with E-state index in [1.165, 1.54) is 0 Å². The summed E-state index contributed by atoms with van der Waals surface area (Å²) in [4.78, 5) is 9.32. The van der Waals surface area contributed by atoms with Crippen molar-refractivity contribution in [1.29, 1.82) is 5.26 Å². The van der Waals surface area contributed by atoms with Crippen molar-refractivity contribution < 1.29 is 4.74 Å². The number of rotatable bonds is 9. The Bertz CT molecular complexity index is 935. The highest BCUT2D eigenvalue weighted by Gasteiger charge is 2.21. The van der Waals surface area contributed by atoms with E-state index in [1.54, 1.807) is 6.20 Å². The minimum absolute atomic E-state index is 0.390. The molecule has 2 fully saturated rings. The maximum absolute atomic E-state index is 8.69. The number of nitriles is 1. The molecule has 33 heavy (non-hydrogen) atoms. The summed E-state index contributed by atoms with van der Waals surface area (Å²) in [6.45, 7) is 3.38. The van der Waals surface area contributed by atoms with Crippen molar-refractivity contribution in [2.24, 2.45) is 5.92 Å². The molecule has 3 N–H and O–H groups in total. The van der Waals surface area contributed by atoms with Gasteiger partial charge in [0.25, 0.3) is 0 Å². The predicted octanol–water partition coefficient (Wildman–Crippen LogP) is 4.86. The first-order valence-corrected chi connectivity index (χ1v) is 12.4. The fourth-order valence-corrected chi connectivity index (χ4v) is 4.78. The Labute approximate surface area is 201 Å². The minimum Gasteiger partial charge on any atom is -0.381 e. The Morgan fingerprint density at radius 1 is 1.06 bits per heavy atom. The lowest BCUT2D eigenvalue weighted by Crippen LogP contribution is -2.37. The zero-order chi connectivity index (χ0) is 22.9. The maximum atomic E-state index is 8.69. The molecule has 1 aliphatic carbocycles. The van der Waals surface area contributed by atoms with Crippen LogP contribution in [0.5, 0.6) is 0 Å². The molecule has 176 valence electrons. The van der Waals surface area contributed by atoms with Crippen molar-refractivity contribution in [2.75, 3.05) is 36.9 Å². The summed E-state index contributed by atoms with van der Waals surface area (Å²) < 4.78 is 5.45. The molecule has 0 unspecified atom stereocenters. The fraction of sp³-hybridized carbons (Fsp3) is 0.560. The first-order valence-electron chi connectivity index (χ1n) is 12.0. The minimum atomic E-state index is 0.390. The van der Waals surface area contributed by atoms with Crippen LogP contribution in [0.15, 0.2) is 30.5 Å². The zero-order valence-electron chi connectivity index (χ0n) is 19.0. The van der Waals surface area contributed by atoms with Crippen LogP contribution < -0.4 is 16.0 Å². The number of hydrogen-bond acceptors (Lipinski definition) is 7. The van der Waals surface area contributed by atoms with Crippen LogP contribution in [0.3, 0.4) is 0 Å². The summed E-state index contributed by atoms with van der Waals surface area (Å²) in [5.41, 5.74) is 1.73. The van der Waals surface area contributed by atoms with Gasteiger partial charge in [0.15, 0.2) is 0 Å². The summed E-state index contributed by atoms with van der Waals surface area (Å²) in [5, 5.41) is 19.8. The van der Waals surface area contributed by atoms with Gasteiger partial charge in [-0.25, -0.2) is 9.97 Å². The second kappa shape index (κ2) is 12.2. The summed E-state index contributed by atoms with van der Waals surface area (Å²) in [5.74, 6) is 2.32. The Hall–Kier alpha value is -2.40. The first kappa shape index (κ1) is 23.7. The van der Waals surface area contributed by atoms with E-state index in [0.29, 0.717) is 29.4 Å². The van der Waals surface area contributed by atoms with Gasteiger partial charge in [0.1, 0.15) is 11.6 Å². The molecule has 4 rings (SSSR count).